The number of hydrogen-bond acceptors (Lipinski definition) is 1. The molecule has 0 bridgehead atoms. The van der Waals surface area contributed by atoms with Crippen molar-refractivity contribution in [1.82, 2.24) is 8.81 Å². The van der Waals surface area contributed by atoms with Crippen LogP contribution in [-0.4, -0.2) is 8.81 Å². The molecule has 1 heterocycles. The molecule has 0 aliphatic rings. The van der Waals surface area contributed by atoms with Gasteiger partial charge in [-0.25, -0.2) is 0 Å². The highest BCUT2D eigenvalue weighted by atomic mass is 79.9. The quantitative estimate of drug-likeness (QED) is 0.659. The summed E-state index contributed by atoms with van der Waals surface area (Å²) in [5.74, 6) is -0.447. The Bertz CT molecular complexity index is 360. The molecule has 4 heteroatoms. The number of rotatable bonds is 0. The Kier molecular flexibility index (Phi) is 1.42. The Labute approximate surface area is 71.0 Å². The molecule has 0 unspecified atom stereocenters. The minimum absolute atomic E-state index is 0.447. The van der Waals surface area contributed by atoms with E-state index in [1.54, 1.807) is 18.2 Å². The van der Waals surface area contributed by atoms with Crippen molar-refractivity contribution >= 4 is 27.1 Å². The van der Waals surface area contributed by atoms with Crippen molar-refractivity contribution in [3.8, 4) is 0 Å². The van der Waals surface area contributed by atoms with E-state index in [9.17, 15) is 4.39 Å². The Morgan fingerprint density at radius 1 is 1.36 bits per heavy atom. The standard InChI is InChI=1S/C7H4BrFN2/c8-11-6-4-2-1-3-5(6)7(9)10-11/h1-4H. The first-order valence-electron chi connectivity index (χ1n) is 3.08. The number of aromatic nitrogens is 2. The van der Waals surface area contributed by atoms with Gasteiger partial charge >= 0.3 is 0 Å². The Morgan fingerprint density at radius 3 is 2.82 bits per heavy atom. The first-order valence-corrected chi connectivity index (χ1v) is 3.79. The van der Waals surface area contributed by atoms with Gasteiger partial charge in [0.05, 0.1) is 27.1 Å². The molecule has 2 rings (SSSR count). The van der Waals surface area contributed by atoms with E-state index in [0.29, 0.717) is 5.39 Å². The van der Waals surface area contributed by atoms with Crippen LogP contribution >= 0.6 is 16.1 Å². The van der Waals surface area contributed by atoms with Crippen molar-refractivity contribution in [1.29, 1.82) is 0 Å². The smallest absolute Gasteiger partial charge is 0.194 e. The van der Waals surface area contributed by atoms with Crippen molar-refractivity contribution < 1.29 is 4.39 Å². The molecule has 2 nitrogen and oxygen atoms in total. The highest BCUT2D eigenvalue weighted by Gasteiger charge is 2.05. The van der Waals surface area contributed by atoms with Crippen LogP contribution in [0.3, 0.4) is 0 Å². The number of nitrogens with zero attached hydrogens (tertiary/aromatic N) is 2. The summed E-state index contributed by atoms with van der Waals surface area (Å²) in [5, 5.41) is 4.09. The van der Waals surface area contributed by atoms with Crippen LogP contribution in [0.25, 0.3) is 10.9 Å². The zero-order valence-corrected chi connectivity index (χ0v) is 7.05. The average molecular weight is 215 g/mol. The molecule has 11 heavy (non-hydrogen) atoms. The van der Waals surface area contributed by atoms with Crippen LogP contribution in [0.15, 0.2) is 24.3 Å². The van der Waals surface area contributed by atoms with Gasteiger partial charge in [0.25, 0.3) is 0 Å². The SMILES string of the molecule is Fc1nn(Br)c2ccccc12. The second-order valence-corrected chi connectivity index (χ2v) is 2.84. The molecule has 0 amide bonds. The zero-order valence-electron chi connectivity index (χ0n) is 5.46. The lowest BCUT2D eigenvalue weighted by atomic mass is 10.3. The van der Waals surface area contributed by atoms with Crippen molar-refractivity contribution in [2.45, 2.75) is 0 Å². The Balaban J connectivity index is 2.95. The zero-order chi connectivity index (χ0) is 7.84. The van der Waals surface area contributed by atoms with Gasteiger partial charge < -0.3 is 0 Å². The number of para-hydroxylation sites is 1. The van der Waals surface area contributed by atoms with Crippen molar-refractivity contribution in [3.05, 3.63) is 30.2 Å². The maximum Gasteiger partial charge on any atom is 0.241 e. The predicted molar refractivity (Wildman–Crippen MR) is 44.0 cm³/mol. The van der Waals surface area contributed by atoms with Gasteiger partial charge in [-0.2, -0.15) is 8.10 Å². The van der Waals surface area contributed by atoms with E-state index in [4.69, 9.17) is 0 Å². The molecule has 56 valence electrons. The fourth-order valence-electron chi connectivity index (χ4n) is 0.994. The van der Waals surface area contributed by atoms with Gasteiger partial charge in [0, 0.05) is 0 Å². The third kappa shape index (κ3) is 0.939. The first kappa shape index (κ1) is 6.79. The molecular formula is C7H4BrFN2. The summed E-state index contributed by atoms with van der Waals surface area (Å²) in [4.78, 5) is 0. The summed E-state index contributed by atoms with van der Waals surface area (Å²) in [6.07, 6.45) is 0. The van der Waals surface area contributed by atoms with E-state index in [1.807, 2.05) is 6.07 Å². The van der Waals surface area contributed by atoms with Crippen molar-refractivity contribution in [2.75, 3.05) is 0 Å². The van der Waals surface area contributed by atoms with Gasteiger partial charge in [0.1, 0.15) is 0 Å². The van der Waals surface area contributed by atoms with Crippen molar-refractivity contribution in [2.24, 2.45) is 0 Å². The summed E-state index contributed by atoms with van der Waals surface area (Å²) >= 11 is 3.08. The normalized spacial score (nSPS) is 10.7. The number of halogens is 2. The molecule has 0 saturated heterocycles. The third-order valence-electron chi connectivity index (χ3n) is 1.50. The summed E-state index contributed by atoms with van der Waals surface area (Å²) in [5.41, 5.74) is 0.741. The minimum Gasteiger partial charge on any atom is -0.194 e. The van der Waals surface area contributed by atoms with Crippen LogP contribution in [0.2, 0.25) is 0 Å². The van der Waals surface area contributed by atoms with Crippen molar-refractivity contribution in [3.63, 3.8) is 0 Å². The highest BCUT2D eigenvalue weighted by Crippen LogP contribution is 2.17. The van der Waals surface area contributed by atoms with Crippen LogP contribution < -0.4 is 0 Å². The molecule has 0 aliphatic carbocycles. The summed E-state index contributed by atoms with van der Waals surface area (Å²) in [6.45, 7) is 0. The monoisotopic (exact) mass is 214 g/mol. The van der Waals surface area contributed by atoms with Crippen LogP contribution in [0.4, 0.5) is 4.39 Å². The van der Waals surface area contributed by atoms with E-state index in [1.165, 1.54) is 3.71 Å². The molecule has 0 saturated carbocycles. The van der Waals surface area contributed by atoms with Crippen LogP contribution in [0.1, 0.15) is 0 Å². The second-order valence-electron chi connectivity index (χ2n) is 2.17. The third-order valence-corrected chi connectivity index (χ3v) is 2.04. The molecule has 1 aromatic heterocycles. The molecule has 2 aromatic rings. The van der Waals surface area contributed by atoms with Crippen LogP contribution in [-0.2, 0) is 0 Å². The van der Waals surface area contributed by atoms with Gasteiger partial charge in [-0.1, -0.05) is 12.1 Å². The molecule has 1 aromatic carbocycles. The van der Waals surface area contributed by atoms with Gasteiger partial charge in [0.15, 0.2) is 0 Å². The van der Waals surface area contributed by atoms with Gasteiger partial charge in [-0.3, -0.25) is 0 Å². The van der Waals surface area contributed by atoms with E-state index in [-0.39, 0.29) is 0 Å². The van der Waals surface area contributed by atoms with E-state index in [0.717, 1.165) is 5.52 Å². The molecule has 0 fully saturated rings. The summed E-state index contributed by atoms with van der Waals surface area (Å²) < 4.78 is 14.2. The fraction of sp³-hybridized carbons (Fsp3) is 0. The van der Waals surface area contributed by atoms with Gasteiger partial charge in [0.2, 0.25) is 5.95 Å². The fourth-order valence-corrected chi connectivity index (χ4v) is 1.44. The molecule has 0 N–H and O–H groups in total. The minimum atomic E-state index is -0.447. The summed E-state index contributed by atoms with van der Waals surface area (Å²) in [6, 6.07) is 7.09. The lowest BCUT2D eigenvalue weighted by molar-refractivity contribution is 0.585. The Morgan fingerprint density at radius 2 is 2.09 bits per heavy atom. The molecular weight excluding hydrogens is 211 g/mol. The predicted octanol–water partition coefficient (Wildman–Crippen LogP) is 2.33. The molecule has 0 atom stereocenters. The summed E-state index contributed by atoms with van der Waals surface area (Å²) in [7, 11) is 0. The second kappa shape index (κ2) is 2.30. The number of fused-ring (bicyclic) bond motifs is 1. The number of benzene rings is 1. The Hall–Kier alpha value is -0.900. The lowest BCUT2D eigenvalue weighted by Gasteiger charge is -1.86. The van der Waals surface area contributed by atoms with E-state index in [2.05, 4.69) is 21.2 Å². The average Bonchev–Trinajstić information content (AvgIpc) is 2.30. The molecule has 0 spiro atoms. The first-order chi connectivity index (χ1) is 5.29. The lowest BCUT2D eigenvalue weighted by Crippen LogP contribution is -1.79. The molecule has 0 radical (unpaired) electrons. The van der Waals surface area contributed by atoms with E-state index < -0.39 is 5.95 Å². The van der Waals surface area contributed by atoms with Gasteiger partial charge in [-0.15, -0.1) is 5.10 Å². The largest absolute Gasteiger partial charge is 0.241 e. The molecule has 0 aliphatic heterocycles. The van der Waals surface area contributed by atoms with Crippen LogP contribution in [0.5, 0.6) is 0 Å². The number of hydrogen-bond donors (Lipinski definition) is 0. The highest BCUT2D eigenvalue weighted by molar-refractivity contribution is 9.08. The maximum atomic E-state index is 12.8. The van der Waals surface area contributed by atoms with E-state index >= 15 is 0 Å². The van der Waals surface area contributed by atoms with Crippen LogP contribution in [0, 0.1) is 5.95 Å². The maximum absolute atomic E-state index is 12.8. The van der Waals surface area contributed by atoms with Gasteiger partial charge in [-0.05, 0) is 12.1 Å². The topological polar surface area (TPSA) is 17.8 Å².